The highest BCUT2D eigenvalue weighted by molar-refractivity contribution is 6.04. The standard InChI is InChI=1S/C14H14N2O2/c1-9-5-3-4-6-11(9)16-14(18)13-8-7-12(15-13)10(2)17/h3-8,15H,1-2H3,(H,16,18). The highest BCUT2D eigenvalue weighted by atomic mass is 16.2. The minimum absolute atomic E-state index is 0.0926. The van der Waals surface area contributed by atoms with Gasteiger partial charge in [-0.05, 0) is 30.7 Å². The molecule has 1 amide bonds. The van der Waals surface area contributed by atoms with E-state index >= 15 is 0 Å². The van der Waals surface area contributed by atoms with Crippen LogP contribution in [0.15, 0.2) is 36.4 Å². The molecule has 0 unspecified atom stereocenters. The molecule has 0 aliphatic heterocycles. The lowest BCUT2D eigenvalue weighted by Crippen LogP contribution is -2.13. The number of aryl methyl sites for hydroxylation is 1. The Bertz CT molecular complexity index is 599. The number of hydrogen-bond donors (Lipinski definition) is 2. The van der Waals surface area contributed by atoms with E-state index in [4.69, 9.17) is 0 Å². The van der Waals surface area contributed by atoms with Gasteiger partial charge in [-0.1, -0.05) is 18.2 Å². The van der Waals surface area contributed by atoms with Gasteiger partial charge in [0.05, 0.1) is 5.69 Å². The first-order chi connectivity index (χ1) is 8.58. The summed E-state index contributed by atoms with van der Waals surface area (Å²) in [7, 11) is 0. The van der Waals surface area contributed by atoms with Gasteiger partial charge in [-0.2, -0.15) is 0 Å². The van der Waals surface area contributed by atoms with Gasteiger partial charge < -0.3 is 10.3 Å². The first kappa shape index (κ1) is 12.1. The van der Waals surface area contributed by atoms with Crippen molar-refractivity contribution in [3.63, 3.8) is 0 Å². The number of carbonyl (C=O) groups is 2. The number of para-hydroxylation sites is 1. The third-order valence-electron chi connectivity index (χ3n) is 2.70. The van der Waals surface area contributed by atoms with E-state index in [1.807, 2.05) is 31.2 Å². The summed E-state index contributed by atoms with van der Waals surface area (Å²) in [6.07, 6.45) is 0. The molecule has 0 radical (unpaired) electrons. The number of amides is 1. The van der Waals surface area contributed by atoms with E-state index in [0.29, 0.717) is 11.4 Å². The van der Waals surface area contributed by atoms with Crippen LogP contribution in [-0.4, -0.2) is 16.7 Å². The van der Waals surface area contributed by atoms with Gasteiger partial charge in [-0.3, -0.25) is 9.59 Å². The molecule has 0 aliphatic rings. The van der Waals surface area contributed by atoms with Gasteiger partial charge in [-0.25, -0.2) is 0 Å². The molecule has 0 atom stereocenters. The maximum absolute atomic E-state index is 11.9. The van der Waals surface area contributed by atoms with Gasteiger partial charge in [0.15, 0.2) is 5.78 Å². The number of aromatic amines is 1. The van der Waals surface area contributed by atoms with Gasteiger partial charge in [0, 0.05) is 12.6 Å². The van der Waals surface area contributed by atoms with Crippen LogP contribution in [-0.2, 0) is 0 Å². The van der Waals surface area contributed by atoms with Crippen molar-refractivity contribution >= 4 is 17.4 Å². The molecule has 1 aromatic heterocycles. The summed E-state index contributed by atoms with van der Waals surface area (Å²) in [5.74, 6) is -0.346. The molecule has 0 spiro atoms. The second-order valence-corrected chi connectivity index (χ2v) is 4.11. The maximum Gasteiger partial charge on any atom is 0.272 e. The van der Waals surface area contributed by atoms with Crippen molar-refractivity contribution in [2.45, 2.75) is 13.8 Å². The molecule has 4 nitrogen and oxygen atoms in total. The smallest absolute Gasteiger partial charge is 0.272 e. The maximum atomic E-state index is 11.9. The summed E-state index contributed by atoms with van der Waals surface area (Å²) in [5.41, 5.74) is 2.57. The van der Waals surface area contributed by atoms with Gasteiger partial charge >= 0.3 is 0 Å². The highest BCUT2D eigenvalue weighted by Gasteiger charge is 2.11. The van der Waals surface area contributed by atoms with Crippen LogP contribution in [0.3, 0.4) is 0 Å². The number of hydrogen-bond acceptors (Lipinski definition) is 2. The van der Waals surface area contributed by atoms with E-state index in [-0.39, 0.29) is 11.7 Å². The van der Waals surface area contributed by atoms with E-state index in [1.165, 1.54) is 6.92 Å². The van der Waals surface area contributed by atoms with Crippen molar-refractivity contribution in [1.29, 1.82) is 0 Å². The second-order valence-electron chi connectivity index (χ2n) is 4.11. The predicted molar refractivity (Wildman–Crippen MR) is 69.9 cm³/mol. The fourth-order valence-corrected chi connectivity index (χ4v) is 1.64. The van der Waals surface area contributed by atoms with Crippen molar-refractivity contribution in [2.24, 2.45) is 0 Å². The molecule has 1 aromatic carbocycles. The lowest BCUT2D eigenvalue weighted by atomic mass is 10.2. The Morgan fingerprint density at radius 3 is 2.33 bits per heavy atom. The third kappa shape index (κ3) is 2.48. The van der Waals surface area contributed by atoms with Crippen molar-refractivity contribution in [3.05, 3.63) is 53.3 Å². The Kier molecular flexibility index (Phi) is 3.28. The zero-order valence-electron chi connectivity index (χ0n) is 10.3. The number of carbonyl (C=O) groups excluding carboxylic acids is 2. The lowest BCUT2D eigenvalue weighted by Gasteiger charge is -2.06. The fraction of sp³-hybridized carbons (Fsp3) is 0.143. The Morgan fingerprint density at radius 2 is 1.72 bits per heavy atom. The number of anilines is 1. The first-order valence-electron chi connectivity index (χ1n) is 5.65. The summed E-state index contributed by atoms with van der Waals surface area (Å²) in [6, 6.07) is 10.7. The van der Waals surface area contributed by atoms with Crippen molar-refractivity contribution in [2.75, 3.05) is 5.32 Å². The minimum Gasteiger partial charge on any atom is -0.348 e. The summed E-state index contributed by atoms with van der Waals surface area (Å²) >= 11 is 0. The molecule has 2 N–H and O–H groups in total. The first-order valence-corrected chi connectivity index (χ1v) is 5.65. The summed E-state index contributed by atoms with van der Waals surface area (Å²) in [4.78, 5) is 25.9. The monoisotopic (exact) mass is 242 g/mol. The fourth-order valence-electron chi connectivity index (χ4n) is 1.64. The normalized spacial score (nSPS) is 10.1. The van der Waals surface area contributed by atoms with Crippen molar-refractivity contribution < 1.29 is 9.59 Å². The average Bonchev–Trinajstić information content (AvgIpc) is 2.81. The number of benzene rings is 1. The lowest BCUT2D eigenvalue weighted by molar-refractivity contribution is 0.101. The quantitative estimate of drug-likeness (QED) is 0.813. The molecule has 0 fully saturated rings. The van der Waals surface area contributed by atoms with E-state index < -0.39 is 0 Å². The zero-order chi connectivity index (χ0) is 13.1. The highest BCUT2D eigenvalue weighted by Crippen LogP contribution is 2.14. The summed E-state index contributed by atoms with van der Waals surface area (Å²) in [6.45, 7) is 3.38. The van der Waals surface area contributed by atoms with Crippen molar-refractivity contribution in [1.82, 2.24) is 4.98 Å². The zero-order valence-corrected chi connectivity index (χ0v) is 10.3. The van der Waals surface area contributed by atoms with E-state index in [9.17, 15) is 9.59 Å². The molecule has 18 heavy (non-hydrogen) atoms. The molecule has 4 heteroatoms. The summed E-state index contributed by atoms with van der Waals surface area (Å²) in [5, 5.41) is 2.80. The number of Topliss-reactive ketones (excluding diaryl/α,β-unsaturated/α-hetero) is 1. The molecule has 0 bridgehead atoms. The second kappa shape index (κ2) is 4.87. The molecule has 0 aliphatic carbocycles. The molecule has 92 valence electrons. The predicted octanol–water partition coefficient (Wildman–Crippen LogP) is 2.78. The topological polar surface area (TPSA) is 62.0 Å². The Morgan fingerprint density at radius 1 is 1.06 bits per heavy atom. The Balaban J connectivity index is 2.17. The van der Waals surface area contributed by atoms with Gasteiger partial charge in [0.2, 0.25) is 0 Å². The third-order valence-corrected chi connectivity index (χ3v) is 2.70. The van der Waals surface area contributed by atoms with Crippen LogP contribution in [0.1, 0.15) is 33.5 Å². The molecule has 0 saturated heterocycles. The molecule has 0 saturated carbocycles. The number of nitrogens with one attached hydrogen (secondary N) is 2. The number of H-pyrrole nitrogens is 1. The van der Waals surface area contributed by atoms with E-state index in [2.05, 4.69) is 10.3 Å². The SMILES string of the molecule is CC(=O)c1ccc(C(=O)Nc2ccccc2C)[nH]1. The van der Waals surface area contributed by atoms with Crippen LogP contribution in [0.4, 0.5) is 5.69 Å². The number of ketones is 1. The Hall–Kier alpha value is -2.36. The molecular formula is C14H14N2O2. The van der Waals surface area contributed by atoms with Gasteiger partial charge in [0.1, 0.15) is 5.69 Å². The number of aromatic nitrogens is 1. The molecule has 2 aromatic rings. The molecule has 1 heterocycles. The molecular weight excluding hydrogens is 228 g/mol. The van der Waals surface area contributed by atoms with Gasteiger partial charge in [0.25, 0.3) is 5.91 Å². The molecule has 2 rings (SSSR count). The van der Waals surface area contributed by atoms with Crippen LogP contribution in [0.25, 0.3) is 0 Å². The van der Waals surface area contributed by atoms with E-state index in [1.54, 1.807) is 12.1 Å². The number of rotatable bonds is 3. The van der Waals surface area contributed by atoms with Crippen LogP contribution in [0.5, 0.6) is 0 Å². The minimum atomic E-state index is -0.253. The van der Waals surface area contributed by atoms with E-state index in [0.717, 1.165) is 11.3 Å². The Labute approximate surface area is 105 Å². The van der Waals surface area contributed by atoms with Gasteiger partial charge in [-0.15, -0.1) is 0 Å². The summed E-state index contributed by atoms with van der Waals surface area (Å²) < 4.78 is 0. The van der Waals surface area contributed by atoms with Crippen molar-refractivity contribution in [3.8, 4) is 0 Å². The van der Waals surface area contributed by atoms with Crippen LogP contribution in [0.2, 0.25) is 0 Å². The van der Waals surface area contributed by atoms with Crippen LogP contribution >= 0.6 is 0 Å². The van der Waals surface area contributed by atoms with Crippen LogP contribution < -0.4 is 5.32 Å². The van der Waals surface area contributed by atoms with Crippen LogP contribution in [0, 0.1) is 6.92 Å². The largest absolute Gasteiger partial charge is 0.348 e. The average molecular weight is 242 g/mol.